The highest BCUT2D eigenvalue weighted by atomic mass is 32.2. The Bertz CT molecular complexity index is 464. The van der Waals surface area contributed by atoms with Crippen LogP contribution in [0.3, 0.4) is 0 Å². The fourth-order valence-electron chi connectivity index (χ4n) is 3.32. The van der Waals surface area contributed by atoms with Crippen LogP contribution >= 0.6 is 11.8 Å². The highest BCUT2D eigenvalue weighted by Gasteiger charge is 2.21. The van der Waals surface area contributed by atoms with Crippen molar-refractivity contribution < 1.29 is 4.79 Å². The molecule has 1 aromatic carbocycles. The van der Waals surface area contributed by atoms with E-state index in [-0.39, 0.29) is 5.91 Å². The molecular weight excluding hydrogens is 292 g/mol. The standard InChI is InChI=1S/C18H28N2OS/c1-14-8-15(2)11-20(10-14)12-17-6-4-16(5-7-17)9-19-18(21)13-22-3/h4-7,14-15H,8-13H2,1-3H3,(H,19,21)/t14-,15+. The van der Waals surface area contributed by atoms with Crippen molar-refractivity contribution >= 4 is 17.7 Å². The van der Waals surface area contributed by atoms with Gasteiger partial charge in [-0.25, -0.2) is 0 Å². The number of thioether (sulfide) groups is 1. The van der Waals surface area contributed by atoms with Crippen LogP contribution in [0.2, 0.25) is 0 Å². The summed E-state index contributed by atoms with van der Waals surface area (Å²) in [5, 5.41) is 2.94. The molecule has 122 valence electrons. The van der Waals surface area contributed by atoms with E-state index >= 15 is 0 Å². The third-order valence-corrected chi connectivity index (χ3v) is 4.69. The average Bonchev–Trinajstić information content (AvgIpc) is 2.46. The van der Waals surface area contributed by atoms with Gasteiger partial charge in [-0.2, -0.15) is 11.8 Å². The first-order valence-electron chi connectivity index (χ1n) is 8.12. The molecule has 0 aliphatic carbocycles. The number of nitrogens with one attached hydrogen (secondary N) is 1. The van der Waals surface area contributed by atoms with Gasteiger partial charge in [0, 0.05) is 26.2 Å². The Hall–Kier alpha value is -1.00. The predicted molar refractivity (Wildman–Crippen MR) is 94.9 cm³/mol. The van der Waals surface area contributed by atoms with Gasteiger partial charge >= 0.3 is 0 Å². The molecule has 3 nitrogen and oxygen atoms in total. The van der Waals surface area contributed by atoms with Crippen molar-refractivity contribution in [2.24, 2.45) is 11.8 Å². The van der Waals surface area contributed by atoms with E-state index in [9.17, 15) is 4.79 Å². The van der Waals surface area contributed by atoms with Gasteiger partial charge in [-0.3, -0.25) is 9.69 Å². The minimum Gasteiger partial charge on any atom is -0.351 e. The zero-order valence-corrected chi connectivity index (χ0v) is 14.8. The molecule has 0 unspecified atom stereocenters. The van der Waals surface area contributed by atoms with E-state index < -0.39 is 0 Å². The molecular formula is C18H28N2OS. The second-order valence-electron chi connectivity index (χ2n) is 6.67. The molecule has 0 saturated carbocycles. The summed E-state index contributed by atoms with van der Waals surface area (Å²) in [6.45, 7) is 8.77. The fourth-order valence-corrected chi connectivity index (χ4v) is 3.69. The molecule has 0 spiro atoms. The minimum absolute atomic E-state index is 0.105. The maximum atomic E-state index is 11.5. The van der Waals surface area contributed by atoms with Gasteiger partial charge in [0.1, 0.15) is 0 Å². The van der Waals surface area contributed by atoms with Crippen molar-refractivity contribution in [1.29, 1.82) is 0 Å². The van der Waals surface area contributed by atoms with E-state index in [1.165, 1.54) is 30.6 Å². The lowest BCUT2D eigenvalue weighted by Crippen LogP contribution is -2.38. The van der Waals surface area contributed by atoms with Gasteiger partial charge in [-0.1, -0.05) is 38.1 Å². The van der Waals surface area contributed by atoms with Crippen molar-refractivity contribution in [3.8, 4) is 0 Å². The Morgan fingerprint density at radius 1 is 1.18 bits per heavy atom. The monoisotopic (exact) mass is 320 g/mol. The van der Waals surface area contributed by atoms with Gasteiger partial charge in [0.05, 0.1) is 5.75 Å². The van der Waals surface area contributed by atoms with Gasteiger partial charge in [0.25, 0.3) is 0 Å². The molecule has 2 atom stereocenters. The molecule has 1 fully saturated rings. The van der Waals surface area contributed by atoms with Crippen molar-refractivity contribution in [2.75, 3.05) is 25.1 Å². The second-order valence-corrected chi connectivity index (χ2v) is 7.53. The molecule has 1 saturated heterocycles. The van der Waals surface area contributed by atoms with E-state index in [0.29, 0.717) is 12.3 Å². The number of rotatable bonds is 6. The lowest BCUT2D eigenvalue weighted by atomic mass is 9.91. The number of amides is 1. The quantitative estimate of drug-likeness (QED) is 0.874. The summed E-state index contributed by atoms with van der Waals surface area (Å²) in [4.78, 5) is 14.0. The lowest BCUT2D eigenvalue weighted by Gasteiger charge is -2.35. The number of nitrogens with zero attached hydrogens (tertiary/aromatic N) is 1. The fraction of sp³-hybridized carbons (Fsp3) is 0.611. The van der Waals surface area contributed by atoms with Crippen molar-refractivity contribution in [1.82, 2.24) is 10.2 Å². The van der Waals surface area contributed by atoms with Crippen molar-refractivity contribution in [2.45, 2.75) is 33.4 Å². The Morgan fingerprint density at radius 2 is 1.77 bits per heavy atom. The number of piperidine rings is 1. The summed E-state index contributed by atoms with van der Waals surface area (Å²) in [5.41, 5.74) is 2.53. The molecule has 0 radical (unpaired) electrons. The zero-order chi connectivity index (χ0) is 15.9. The van der Waals surface area contributed by atoms with Gasteiger partial charge in [0.2, 0.25) is 5.91 Å². The Morgan fingerprint density at radius 3 is 2.36 bits per heavy atom. The average molecular weight is 321 g/mol. The lowest BCUT2D eigenvalue weighted by molar-refractivity contribution is -0.118. The van der Waals surface area contributed by atoms with E-state index in [1.807, 2.05) is 6.26 Å². The normalized spacial score (nSPS) is 22.5. The number of hydrogen-bond donors (Lipinski definition) is 1. The summed E-state index contributed by atoms with van der Waals surface area (Å²) in [5.74, 6) is 2.24. The van der Waals surface area contributed by atoms with Gasteiger partial charge in [-0.05, 0) is 35.6 Å². The molecule has 1 amide bonds. The van der Waals surface area contributed by atoms with Crippen LogP contribution in [0.5, 0.6) is 0 Å². The first-order chi connectivity index (χ1) is 10.6. The molecule has 0 bridgehead atoms. The SMILES string of the molecule is CSCC(=O)NCc1ccc(CN2C[C@H](C)C[C@H](C)C2)cc1. The predicted octanol–water partition coefficient (Wildman–Crippen LogP) is 3.14. The van der Waals surface area contributed by atoms with E-state index in [1.54, 1.807) is 11.8 Å². The Kier molecular flexibility index (Phi) is 6.77. The van der Waals surface area contributed by atoms with Gasteiger partial charge in [0.15, 0.2) is 0 Å². The topological polar surface area (TPSA) is 32.3 Å². The zero-order valence-electron chi connectivity index (χ0n) is 14.0. The molecule has 1 aromatic rings. The molecule has 0 aromatic heterocycles. The van der Waals surface area contributed by atoms with E-state index in [2.05, 4.69) is 48.3 Å². The smallest absolute Gasteiger partial charge is 0.230 e. The van der Waals surface area contributed by atoms with E-state index in [0.717, 1.165) is 18.4 Å². The van der Waals surface area contributed by atoms with Crippen LogP contribution in [0.1, 0.15) is 31.4 Å². The third kappa shape index (κ3) is 5.65. The molecule has 22 heavy (non-hydrogen) atoms. The summed E-state index contributed by atoms with van der Waals surface area (Å²) >= 11 is 1.55. The van der Waals surface area contributed by atoms with E-state index in [4.69, 9.17) is 0 Å². The molecule has 1 aliphatic rings. The maximum absolute atomic E-state index is 11.5. The Labute approximate surface area is 138 Å². The van der Waals surface area contributed by atoms with Crippen LogP contribution < -0.4 is 5.32 Å². The van der Waals surface area contributed by atoms with Crippen LogP contribution in [-0.2, 0) is 17.9 Å². The summed E-state index contributed by atoms with van der Waals surface area (Å²) in [6.07, 6.45) is 3.29. The number of carbonyl (C=O) groups is 1. The van der Waals surface area contributed by atoms with Crippen LogP contribution in [0.4, 0.5) is 0 Å². The Balaban J connectivity index is 1.82. The maximum Gasteiger partial charge on any atom is 0.230 e. The molecule has 4 heteroatoms. The molecule has 1 N–H and O–H groups in total. The first-order valence-corrected chi connectivity index (χ1v) is 9.52. The van der Waals surface area contributed by atoms with Gasteiger partial charge < -0.3 is 5.32 Å². The highest BCUT2D eigenvalue weighted by molar-refractivity contribution is 7.99. The van der Waals surface area contributed by atoms with Crippen LogP contribution in [0, 0.1) is 11.8 Å². The number of carbonyl (C=O) groups excluding carboxylic acids is 1. The van der Waals surface area contributed by atoms with Crippen LogP contribution in [0.15, 0.2) is 24.3 Å². The van der Waals surface area contributed by atoms with Crippen molar-refractivity contribution in [3.05, 3.63) is 35.4 Å². The van der Waals surface area contributed by atoms with Crippen molar-refractivity contribution in [3.63, 3.8) is 0 Å². The van der Waals surface area contributed by atoms with Crippen LogP contribution in [0.25, 0.3) is 0 Å². The molecule has 1 aliphatic heterocycles. The largest absolute Gasteiger partial charge is 0.351 e. The number of hydrogen-bond acceptors (Lipinski definition) is 3. The molecule has 2 rings (SSSR count). The number of benzene rings is 1. The molecule has 1 heterocycles. The third-order valence-electron chi connectivity index (χ3n) is 4.14. The highest BCUT2D eigenvalue weighted by Crippen LogP contribution is 2.22. The van der Waals surface area contributed by atoms with Gasteiger partial charge in [-0.15, -0.1) is 0 Å². The number of likely N-dealkylation sites (tertiary alicyclic amines) is 1. The second kappa shape index (κ2) is 8.59. The summed E-state index contributed by atoms with van der Waals surface area (Å²) in [6, 6.07) is 8.65. The summed E-state index contributed by atoms with van der Waals surface area (Å²) < 4.78 is 0. The first kappa shape index (κ1) is 17.4. The minimum atomic E-state index is 0.105. The van der Waals surface area contributed by atoms with Crippen LogP contribution in [-0.4, -0.2) is 35.9 Å². The summed E-state index contributed by atoms with van der Waals surface area (Å²) in [7, 11) is 0.